The molecule has 0 bridgehead atoms. The SMILES string of the molecule is CN(c1cccnc1)S(=O)(=O)c1ccc2[nH]c(=O)[nH]c2c1. The van der Waals surface area contributed by atoms with Crippen LogP contribution < -0.4 is 9.99 Å². The third-order valence-electron chi connectivity index (χ3n) is 3.16. The smallest absolute Gasteiger partial charge is 0.306 e. The van der Waals surface area contributed by atoms with E-state index in [1.165, 1.54) is 25.4 Å². The van der Waals surface area contributed by atoms with Gasteiger partial charge in [-0.25, -0.2) is 13.2 Å². The number of pyridine rings is 1. The first-order valence-electron chi connectivity index (χ1n) is 6.09. The normalized spacial score (nSPS) is 11.7. The van der Waals surface area contributed by atoms with Crippen molar-refractivity contribution < 1.29 is 8.42 Å². The van der Waals surface area contributed by atoms with Crippen LogP contribution in [0.2, 0.25) is 0 Å². The van der Waals surface area contributed by atoms with E-state index in [2.05, 4.69) is 15.0 Å². The van der Waals surface area contributed by atoms with Crippen LogP contribution in [-0.2, 0) is 10.0 Å². The zero-order valence-corrected chi connectivity index (χ0v) is 11.9. The quantitative estimate of drug-likeness (QED) is 0.756. The average Bonchev–Trinajstić information content (AvgIpc) is 2.86. The van der Waals surface area contributed by atoms with Gasteiger partial charge in [-0.3, -0.25) is 9.29 Å². The van der Waals surface area contributed by atoms with Gasteiger partial charge in [0.15, 0.2) is 0 Å². The number of sulfonamides is 1. The van der Waals surface area contributed by atoms with Gasteiger partial charge in [0.2, 0.25) is 0 Å². The molecule has 0 aliphatic carbocycles. The van der Waals surface area contributed by atoms with E-state index in [0.717, 1.165) is 4.31 Å². The summed E-state index contributed by atoms with van der Waals surface area (Å²) in [7, 11) is -2.26. The van der Waals surface area contributed by atoms with Gasteiger partial charge in [0.25, 0.3) is 10.0 Å². The van der Waals surface area contributed by atoms with Gasteiger partial charge in [0.05, 0.1) is 27.8 Å². The first-order chi connectivity index (χ1) is 9.98. The van der Waals surface area contributed by atoms with Crippen LogP contribution in [0.15, 0.2) is 52.4 Å². The Bertz CT molecular complexity index is 944. The maximum atomic E-state index is 12.6. The number of nitrogens with zero attached hydrogens (tertiary/aromatic N) is 2. The predicted octanol–water partition coefficient (Wildman–Crippen LogP) is 1.08. The van der Waals surface area contributed by atoms with E-state index in [9.17, 15) is 13.2 Å². The molecule has 0 amide bonds. The summed E-state index contributed by atoms with van der Waals surface area (Å²) in [5, 5.41) is 0. The number of hydrogen-bond acceptors (Lipinski definition) is 4. The summed E-state index contributed by atoms with van der Waals surface area (Å²) >= 11 is 0. The van der Waals surface area contributed by atoms with Gasteiger partial charge in [-0.05, 0) is 30.3 Å². The summed E-state index contributed by atoms with van der Waals surface area (Å²) in [6.45, 7) is 0. The van der Waals surface area contributed by atoms with E-state index in [1.807, 2.05) is 0 Å². The second-order valence-electron chi connectivity index (χ2n) is 4.47. The number of aromatic amines is 2. The lowest BCUT2D eigenvalue weighted by Gasteiger charge is -2.18. The minimum absolute atomic E-state index is 0.0941. The molecule has 3 rings (SSSR count). The summed E-state index contributed by atoms with van der Waals surface area (Å²) in [6.07, 6.45) is 3.04. The van der Waals surface area contributed by atoms with Crippen LogP contribution in [-0.4, -0.2) is 30.4 Å². The van der Waals surface area contributed by atoms with E-state index in [-0.39, 0.29) is 10.6 Å². The molecule has 108 valence electrons. The van der Waals surface area contributed by atoms with Crippen LogP contribution in [0, 0.1) is 0 Å². The summed E-state index contributed by atoms with van der Waals surface area (Å²) in [5.74, 6) is 0. The van der Waals surface area contributed by atoms with E-state index < -0.39 is 10.0 Å². The number of imidazole rings is 1. The highest BCUT2D eigenvalue weighted by Crippen LogP contribution is 2.22. The topological polar surface area (TPSA) is 98.9 Å². The monoisotopic (exact) mass is 304 g/mol. The van der Waals surface area contributed by atoms with Gasteiger partial charge in [0, 0.05) is 13.2 Å². The Hall–Kier alpha value is -2.61. The third-order valence-corrected chi connectivity index (χ3v) is 4.94. The Labute approximate surface area is 120 Å². The zero-order valence-electron chi connectivity index (χ0n) is 11.1. The molecule has 0 saturated heterocycles. The van der Waals surface area contributed by atoms with E-state index >= 15 is 0 Å². The summed E-state index contributed by atoms with van der Waals surface area (Å²) in [6, 6.07) is 7.75. The highest BCUT2D eigenvalue weighted by Gasteiger charge is 2.22. The lowest BCUT2D eigenvalue weighted by molar-refractivity contribution is 0.594. The van der Waals surface area contributed by atoms with Crippen molar-refractivity contribution in [2.24, 2.45) is 0 Å². The highest BCUT2D eigenvalue weighted by atomic mass is 32.2. The number of aromatic nitrogens is 3. The molecule has 0 radical (unpaired) electrons. The van der Waals surface area contributed by atoms with Crippen LogP contribution in [0.5, 0.6) is 0 Å². The number of nitrogens with one attached hydrogen (secondary N) is 2. The molecule has 0 unspecified atom stereocenters. The van der Waals surface area contributed by atoms with Crippen molar-refractivity contribution in [3.05, 3.63) is 53.2 Å². The largest absolute Gasteiger partial charge is 0.323 e. The number of hydrogen-bond donors (Lipinski definition) is 2. The molecule has 0 aliphatic rings. The van der Waals surface area contributed by atoms with Crippen LogP contribution in [0.3, 0.4) is 0 Å². The Morgan fingerprint density at radius 3 is 2.62 bits per heavy atom. The first-order valence-corrected chi connectivity index (χ1v) is 7.53. The van der Waals surface area contributed by atoms with Crippen molar-refractivity contribution in [1.29, 1.82) is 0 Å². The maximum absolute atomic E-state index is 12.6. The molecule has 21 heavy (non-hydrogen) atoms. The lowest BCUT2D eigenvalue weighted by atomic mass is 10.3. The van der Waals surface area contributed by atoms with Gasteiger partial charge >= 0.3 is 5.69 Å². The summed E-state index contributed by atoms with van der Waals surface area (Å²) in [4.78, 5) is 20.3. The molecule has 3 aromatic rings. The molecule has 7 nitrogen and oxygen atoms in total. The molecule has 0 fully saturated rings. The predicted molar refractivity (Wildman–Crippen MR) is 78.7 cm³/mol. The van der Waals surface area contributed by atoms with Gasteiger partial charge < -0.3 is 9.97 Å². The minimum Gasteiger partial charge on any atom is -0.306 e. The van der Waals surface area contributed by atoms with Crippen molar-refractivity contribution in [3.8, 4) is 0 Å². The molecular weight excluding hydrogens is 292 g/mol. The van der Waals surface area contributed by atoms with Gasteiger partial charge in [-0.2, -0.15) is 0 Å². The van der Waals surface area contributed by atoms with E-state index in [4.69, 9.17) is 0 Å². The Morgan fingerprint density at radius 1 is 1.14 bits per heavy atom. The van der Waals surface area contributed by atoms with Crippen molar-refractivity contribution in [2.45, 2.75) is 4.90 Å². The number of rotatable bonds is 3. The Balaban J connectivity index is 2.09. The highest BCUT2D eigenvalue weighted by molar-refractivity contribution is 7.92. The minimum atomic E-state index is -3.72. The van der Waals surface area contributed by atoms with Gasteiger partial charge in [-0.15, -0.1) is 0 Å². The van der Waals surface area contributed by atoms with Crippen molar-refractivity contribution in [2.75, 3.05) is 11.4 Å². The van der Waals surface area contributed by atoms with Gasteiger partial charge in [-0.1, -0.05) is 0 Å². The summed E-state index contributed by atoms with van der Waals surface area (Å²) in [5.41, 5.74) is 1.09. The number of fused-ring (bicyclic) bond motifs is 1. The van der Waals surface area contributed by atoms with Crippen LogP contribution in [0.4, 0.5) is 5.69 Å². The molecule has 0 atom stereocenters. The van der Waals surface area contributed by atoms with Crippen LogP contribution in [0.25, 0.3) is 11.0 Å². The Kier molecular flexibility index (Phi) is 3.02. The molecular formula is C13H12N4O3S. The second kappa shape index (κ2) is 4.74. The fourth-order valence-corrected chi connectivity index (χ4v) is 3.22. The zero-order chi connectivity index (χ0) is 15.0. The first kappa shape index (κ1) is 13.4. The number of H-pyrrole nitrogens is 2. The fourth-order valence-electron chi connectivity index (χ4n) is 2.01. The molecule has 2 heterocycles. The molecule has 0 aliphatic heterocycles. The standard InChI is InChI=1S/C13H12N4O3S/c1-17(9-3-2-6-14-8-9)21(19,20)10-4-5-11-12(7-10)16-13(18)15-11/h2-8H,1H3,(H2,15,16,18). The fraction of sp³-hybridized carbons (Fsp3) is 0.0769. The number of anilines is 1. The molecule has 1 aromatic carbocycles. The molecule has 0 saturated carbocycles. The van der Waals surface area contributed by atoms with Crippen molar-refractivity contribution >= 4 is 26.7 Å². The Morgan fingerprint density at radius 2 is 1.90 bits per heavy atom. The second-order valence-corrected chi connectivity index (χ2v) is 6.44. The van der Waals surface area contributed by atoms with Gasteiger partial charge in [0.1, 0.15) is 0 Å². The van der Waals surface area contributed by atoms with Crippen molar-refractivity contribution in [3.63, 3.8) is 0 Å². The molecule has 0 spiro atoms. The maximum Gasteiger partial charge on any atom is 0.323 e. The summed E-state index contributed by atoms with van der Waals surface area (Å²) < 4.78 is 26.3. The van der Waals surface area contributed by atoms with E-state index in [1.54, 1.807) is 24.4 Å². The average molecular weight is 304 g/mol. The van der Waals surface area contributed by atoms with Crippen LogP contribution in [0.1, 0.15) is 0 Å². The molecule has 8 heteroatoms. The van der Waals surface area contributed by atoms with Crippen LogP contribution >= 0.6 is 0 Å². The number of benzene rings is 1. The third kappa shape index (κ3) is 2.29. The lowest BCUT2D eigenvalue weighted by Crippen LogP contribution is -2.26. The molecule has 2 N–H and O–H groups in total. The molecule has 2 aromatic heterocycles. The van der Waals surface area contributed by atoms with Crippen molar-refractivity contribution in [1.82, 2.24) is 15.0 Å². The van der Waals surface area contributed by atoms with E-state index in [0.29, 0.717) is 16.7 Å².